The third-order valence-corrected chi connectivity index (χ3v) is 5.22. The number of halogens is 1. The molecule has 1 unspecified atom stereocenters. The van der Waals surface area contributed by atoms with Crippen LogP contribution >= 0.6 is 27.7 Å². The Bertz CT molecular complexity index is 775. The minimum Gasteiger partial charge on any atom is -0.444 e. The predicted molar refractivity (Wildman–Crippen MR) is 103 cm³/mol. The molecule has 0 radical (unpaired) electrons. The van der Waals surface area contributed by atoms with E-state index < -0.39 is 5.60 Å². The van der Waals surface area contributed by atoms with Crippen molar-refractivity contribution in [3.63, 3.8) is 0 Å². The van der Waals surface area contributed by atoms with Crippen molar-refractivity contribution < 1.29 is 13.9 Å². The van der Waals surface area contributed by atoms with Gasteiger partial charge in [-0.1, -0.05) is 39.8 Å². The first-order chi connectivity index (χ1) is 12.3. The predicted octanol–water partition coefficient (Wildman–Crippen LogP) is 5.20. The molecule has 2 aromatic rings. The summed E-state index contributed by atoms with van der Waals surface area (Å²) in [4.78, 5) is 14.1. The lowest BCUT2D eigenvalue weighted by Crippen LogP contribution is -2.36. The molecule has 1 aromatic heterocycles. The van der Waals surface area contributed by atoms with Crippen LogP contribution in [0, 0.1) is 0 Å². The van der Waals surface area contributed by atoms with Crippen LogP contribution in [0.15, 0.2) is 38.4 Å². The summed E-state index contributed by atoms with van der Waals surface area (Å²) in [6, 6.07) is 7.89. The summed E-state index contributed by atoms with van der Waals surface area (Å²) >= 11 is 4.95. The topological polar surface area (TPSA) is 68.5 Å². The Balaban J connectivity index is 1.63. The Labute approximate surface area is 165 Å². The number of likely N-dealkylation sites (tertiary alicyclic amines) is 1. The minimum absolute atomic E-state index is 0.211. The van der Waals surface area contributed by atoms with Crippen molar-refractivity contribution in [3.05, 3.63) is 40.2 Å². The molecule has 1 amide bonds. The molecule has 0 saturated carbocycles. The standard InChI is InChI=1S/C18H22BrN3O3S/c1-18(2,3)25-17(23)22-9-5-8-14(22)15-20-21-16(24-15)26-11-12-6-4-7-13(19)10-12/h4,6-7,10,14H,5,8-9,11H2,1-3H3. The van der Waals surface area contributed by atoms with Crippen LogP contribution in [0.25, 0.3) is 0 Å². The first-order valence-electron chi connectivity index (χ1n) is 8.52. The highest BCUT2D eigenvalue weighted by atomic mass is 79.9. The molecule has 0 N–H and O–H groups in total. The van der Waals surface area contributed by atoms with Gasteiger partial charge in [0, 0.05) is 16.8 Å². The number of rotatable bonds is 4. The summed E-state index contributed by atoms with van der Waals surface area (Å²) in [6.45, 7) is 6.22. The van der Waals surface area contributed by atoms with Gasteiger partial charge in [0.1, 0.15) is 11.6 Å². The first kappa shape index (κ1) is 19.2. The SMILES string of the molecule is CC(C)(C)OC(=O)N1CCCC1c1nnc(SCc2cccc(Br)c2)o1. The van der Waals surface area contributed by atoms with Crippen molar-refractivity contribution in [2.45, 2.75) is 56.2 Å². The van der Waals surface area contributed by atoms with E-state index in [1.807, 2.05) is 32.9 Å². The van der Waals surface area contributed by atoms with Crippen LogP contribution in [0.2, 0.25) is 0 Å². The maximum absolute atomic E-state index is 12.4. The van der Waals surface area contributed by atoms with Crippen molar-refractivity contribution >= 4 is 33.8 Å². The van der Waals surface area contributed by atoms with Crippen molar-refractivity contribution in [1.82, 2.24) is 15.1 Å². The van der Waals surface area contributed by atoms with Gasteiger partial charge >= 0.3 is 6.09 Å². The zero-order valence-electron chi connectivity index (χ0n) is 15.1. The number of nitrogens with zero attached hydrogens (tertiary/aromatic N) is 3. The van der Waals surface area contributed by atoms with Crippen molar-refractivity contribution in [3.8, 4) is 0 Å². The normalized spacial score (nSPS) is 17.5. The molecule has 1 aliphatic heterocycles. The highest BCUT2D eigenvalue weighted by molar-refractivity contribution is 9.10. The van der Waals surface area contributed by atoms with Gasteiger partial charge in [-0.2, -0.15) is 0 Å². The smallest absolute Gasteiger partial charge is 0.410 e. The van der Waals surface area contributed by atoms with Crippen LogP contribution in [-0.2, 0) is 10.5 Å². The first-order valence-corrected chi connectivity index (χ1v) is 10.3. The van der Waals surface area contributed by atoms with E-state index in [4.69, 9.17) is 9.15 Å². The van der Waals surface area contributed by atoms with Crippen LogP contribution in [0.1, 0.15) is 51.1 Å². The van der Waals surface area contributed by atoms with E-state index >= 15 is 0 Å². The number of hydrogen-bond donors (Lipinski definition) is 0. The number of carbonyl (C=O) groups excluding carboxylic acids is 1. The molecule has 0 aliphatic carbocycles. The molecule has 1 saturated heterocycles. The lowest BCUT2D eigenvalue weighted by atomic mass is 10.2. The van der Waals surface area contributed by atoms with Gasteiger partial charge in [0.25, 0.3) is 5.22 Å². The lowest BCUT2D eigenvalue weighted by Gasteiger charge is -2.27. The van der Waals surface area contributed by atoms with Crippen LogP contribution in [0.4, 0.5) is 4.79 Å². The average molecular weight is 440 g/mol. The molecule has 1 fully saturated rings. The van der Waals surface area contributed by atoms with Crippen molar-refractivity contribution in [2.24, 2.45) is 0 Å². The van der Waals surface area contributed by atoms with Crippen LogP contribution in [-0.4, -0.2) is 33.3 Å². The molecule has 0 spiro atoms. The Morgan fingerprint density at radius 3 is 2.96 bits per heavy atom. The maximum atomic E-state index is 12.4. The van der Waals surface area contributed by atoms with E-state index in [0.717, 1.165) is 23.1 Å². The highest BCUT2D eigenvalue weighted by Crippen LogP contribution is 2.34. The van der Waals surface area contributed by atoms with E-state index in [1.165, 1.54) is 17.3 Å². The molecule has 3 rings (SSSR count). The van der Waals surface area contributed by atoms with E-state index in [1.54, 1.807) is 4.90 Å². The molecular formula is C18H22BrN3O3S. The quantitative estimate of drug-likeness (QED) is 0.609. The number of thioether (sulfide) groups is 1. The fourth-order valence-corrected chi connectivity index (χ4v) is 3.91. The second kappa shape index (κ2) is 8.00. The number of aromatic nitrogens is 2. The molecular weight excluding hydrogens is 418 g/mol. The molecule has 0 bridgehead atoms. The minimum atomic E-state index is -0.524. The third kappa shape index (κ3) is 5.01. The fraction of sp³-hybridized carbons (Fsp3) is 0.500. The molecule has 26 heavy (non-hydrogen) atoms. The van der Waals surface area contributed by atoms with Gasteiger partial charge in [-0.25, -0.2) is 4.79 Å². The molecule has 6 nitrogen and oxygen atoms in total. The zero-order valence-corrected chi connectivity index (χ0v) is 17.5. The van der Waals surface area contributed by atoms with E-state index in [-0.39, 0.29) is 12.1 Å². The van der Waals surface area contributed by atoms with Crippen LogP contribution in [0.3, 0.4) is 0 Å². The van der Waals surface area contributed by atoms with Gasteiger partial charge in [0.15, 0.2) is 0 Å². The summed E-state index contributed by atoms with van der Waals surface area (Å²) in [5.41, 5.74) is 0.643. The Hall–Kier alpha value is -1.54. The third-order valence-electron chi connectivity index (χ3n) is 3.84. The maximum Gasteiger partial charge on any atom is 0.410 e. The van der Waals surface area contributed by atoms with Crippen molar-refractivity contribution in [2.75, 3.05) is 6.54 Å². The molecule has 140 valence electrons. The molecule has 1 aromatic carbocycles. The molecule has 1 aliphatic rings. The van der Waals surface area contributed by atoms with Crippen molar-refractivity contribution in [1.29, 1.82) is 0 Å². The Morgan fingerprint density at radius 1 is 1.42 bits per heavy atom. The van der Waals surface area contributed by atoms with E-state index in [9.17, 15) is 4.79 Å². The Kier molecular flexibility index (Phi) is 5.92. The van der Waals surface area contributed by atoms with Gasteiger partial charge in [0.2, 0.25) is 5.89 Å². The fourth-order valence-electron chi connectivity index (χ4n) is 2.75. The van der Waals surface area contributed by atoms with E-state index in [2.05, 4.69) is 38.3 Å². The largest absolute Gasteiger partial charge is 0.444 e. The second-order valence-corrected chi connectivity index (χ2v) is 9.00. The molecule has 1 atom stereocenters. The van der Waals surface area contributed by atoms with Gasteiger partial charge < -0.3 is 9.15 Å². The number of ether oxygens (including phenoxy) is 1. The van der Waals surface area contributed by atoms with Gasteiger partial charge in [-0.15, -0.1) is 10.2 Å². The number of hydrogen-bond acceptors (Lipinski definition) is 6. The van der Waals surface area contributed by atoms with Gasteiger partial charge in [0.05, 0.1) is 0 Å². The average Bonchev–Trinajstić information content (AvgIpc) is 3.20. The van der Waals surface area contributed by atoms with Crippen LogP contribution < -0.4 is 0 Å². The van der Waals surface area contributed by atoms with Crippen LogP contribution in [0.5, 0.6) is 0 Å². The summed E-state index contributed by atoms with van der Waals surface area (Å²) in [6.07, 6.45) is 1.37. The summed E-state index contributed by atoms with van der Waals surface area (Å²) < 4.78 is 12.3. The summed E-state index contributed by atoms with van der Waals surface area (Å²) in [5.74, 6) is 1.21. The summed E-state index contributed by atoms with van der Waals surface area (Å²) in [5, 5.41) is 8.79. The van der Waals surface area contributed by atoms with Gasteiger partial charge in [-0.3, -0.25) is 4.90 Å². The summed E-state index contributed by atoms with van der Waals surface area (Å²) in [7, 11) is 0. The lowest BCUT2D eigenvalue weighted by molar-refractivity contribution is 0.0201. The number of benzene rings is 1. The monoisotopic (exact) mass is 439 g/mol. The molecule has 8 heteroatoms. The number of amides is 1. The van der Waals surface area contributed by atoms with E-state index in [0.29, 0.717) is 17.7 Å². The second-order valence-electron chi connectivity index (χ2n) is 7.16. The Morgan fingerprint density at radius 2 is 2.23 bits per heavy atom. The zero-order chi connectivity index (χ0) is 18.7. The highest BCUT2D eigenvalue weighted by Gasteiger charge is 2.36. The van der Waals surface area contributed by atoms with Gasteiger partial charge in [-0.05, 0) is 51.3 Å². The molecule has 2 heterocycles. The number of carbonyl (C=O) groups is 1.